The fourth-order valence-electron chi connectivity index (χ4n) is 3.85. The van der Waals surface area contributed by atoms with E-state index in [2.05, 4.69) is 29.7 Å². The summed E-state index contributed by atoms with van der Waals surface area (Å²) in [5.41, 5.74) is 7.64. The number of nitrogens with zero attached hydrogens (tertiary/aromatic N) is 1. The van der Waals surface area contributed by atoms with Crippen LogP contribution in [0.3, 0.4) is 0 Å². The van der Waals surface area contributed by atoms with Crippen molar-refractivity contribution < 1.29 is 9.59 Å². The normalized spacial score (nSPS) is 20.4. The molecule has 6 nitrogen and oxygen atoms in total. The van der Waals surface area contributed by atoms with Crippen LogP contribution in [0.4, 0.5) is 4.79 Å². The van der Waals surface area contributed by atoms with Crippen LogP contribution < -0.4 is 16.4 Å². The molecule has 2 aliphatic rings. The first kappa shape index (κ1) is 16.8. The first-order valence-electron chi connectivity index (χ1n) is 8.60. The molecule has 130 valence electrons. The summed E-state index contributed by atoms with van der Waals surface area (Å²) < 4.78 is 0. The van der Waals surface area contributed by atoms with Gasteiger partial charge in [0.15, 0.2) is 0 Å². The predicted octanol–water partition coefficient (Wildman–Crippen LogP) is 0.793. The van der Waals surface area contributed by atoms with E-state index in [1.807, 2.05) is 17.0 Å². The van der Waals surface area contributed by atoms with E-state index in [0.717, 1.165) is 38.8 Å². The molecule has 3 rings (SSSR count). The molecule has 0 bridgehead atoms. The van der Waals surface area contributed by atoms with Crippen LogP contribution in [0, 0.1) is 0 Å². The molecule has 1 heterocycles. The quantitative estimate of drug-likeness (QED) is 0.763. The zero-order valence-corrected chi connectivity index (χ0v) is 14.2. The highest BCUT2D eigenvalue weighted by Gasteiger charge is 2.34. The van der Waals surface area contributed by atoms with Crippen LogP contribution >= 0.6 is 0 Å². The van der Waals surface area contributed by atoms with Gasteiger partial charge < -0.3 is 16.4 Å². The van der Waals surface area contributed by atoms with Crippen LogP contribution in [-0.4, -0.2) is 48.1 Å². The minimum absolute atomic E-state index is 0.0985. The van der Waals surface area contributed by atoms with E-state index in [4.69, 9.17) is 5.73 Å². The second kappa shape index (κ2) is 6.81. The lowest BCUT2D eigenvalue weighted by Crippen LogP contribution is -2.55. The van der Waals surface area contributed by atoms with Gasteiger partial charge in [-0.25, -0.2) is 4.79 Å². The monoisotopic (exact) mass is 330 g/mol. The lowest BCUT2D eigenvalue weighted by Gasteiger charge is -2.33. The summed E-state index contributed by atoms with van der Waals surface area (Å²) in [6.07, 6.45) is 3.43. The summed E-state index contributed by atoms with van der Waals surface area (Å²) in [5.74, 6) is -0.298. The number of likely N-dealkylation sites (tertiary alicyclic amines) is 1. The molecule has 1 aliphatic heterocycles. The molecule has 24 heavy (non-hydrogen) atoms. The zero-order chi connectivity index (χ0) is 17.2. The molecule has 3 amide bonds. The van der Waals surface area contributed by atoms with Gasteiger partial charge in [-0.05, 0) is 43.7 Å². The van der Waals surface area contributed by atoms with Crippen molar-refractivity contribution in [1.82, 2.24) is 15.5 Å². The molecule has 1 aromatic rings. The Morgan fingerprint density at radius 1 is 1.21 bits per heavy atom. The van der Waals surface area contributed by atoms with E-state index in [1.54, 1.807) is 0 Å². The second-order valence-electron chi connectivity index (χ2n) is 7.30. The van der Waals surface area contributed by atoms with Crippen LogP contribution in [-0.2, 0) is 17.6 Å². The zero-order valence-electron chi connectivity index (χ0n) is 14.2. The molecule has 1 aliphatic carbocycles. The third kappa shape index (κ3) is 4.06. The number of primary amides is 1. The number of rotatable bonds is 4. The molecule has 0 spiro atoms. The molecule has 1 saturated heterocycles. The van der Waals surface area contributed by atoms with Crippen LogP contribution in [0.15, 0.2) is 24.3 Å². The van der Waals surface area contributed by atoms with E-state index >= 15 is 0 Å². The fourth-order valence-corrected chi connectivity index (χ4v) is 3.85. The van der Waals surface area contributed by atoms with Gasteiger partial charge in [-0.1, -0.05) is 24.3 Å². The van der Waals surface area contributed by atoms with Crippen molar-refractivity contribution in [3.05, 3.63) is 35.4 Å². The Balaban J connectivity index is 1.46. The van der Waals surface area contributed by atoms with E-state index in [-0.39, 0.29) is 23.5 Å². The smallest absolute Gasteiger partial charge is 0.315 e. The average molecular weight is 330 g/mol. The molecule has 0 unspecified atom stereocenters. The number of carbonyl (C=O) groups is 2. The van der Waals surface area contributed by atoms with Crippen molar-refractivity contribution in [1.29, 1.82) is 0 Å². The van der Waals surface area contributed by atoms with Gasteiger partial charge in [0, 0.05) is 24.7 Å². The summed E-state index contributed by atoms with van der Waals surface area (Å²) in [7, 11) is 0. The molecule has 6 heteroatoms. The number of carbonyl (C=O) groups excluding carboxylic acids is 2. The maximum absolute atomic E-state index is 12.4. The minimum Gasteiger partial charge on any atom is -0.369 e. The van der Waals surface area contributed by atoms with E-state index in [1.165, 1.54) is 11.1 Å². The van der Waals surface area contributed by atoms with Crippen molar-refractivity contribution in [3.8, 4) is 0 Å². The third-order valence-electron chi connectivity index (χ3n) is 5.00. The Kier molecular flexibility index (Phi) is 4.76. The summed E-state index contributed by atoms with van der Waals surface area (Å²) in [6, 6.07) is 8.42. The summed E-state index contributed by atoms with van der Waals surface area (Å²) in [4.78, 5) is 25.4. The minimum atomic E-state index is -0.298. The number of hydrogen-bond donors (Lipinski definition) is 3. The SMILES string of the molecule is CC1(NC(=O)NC2CCN(CC(N)=O)CC2)Cc2ccccc2C1. The highest BCUT2D eigenvalue weighted by atomic mass is 16.2. The van der Waals surface area contributed by atoms with Crippen LogP contribution in [0.25, 0.3) is 0 Å². The van der Waals surface area contributed by atoms with Crippen molar-refractivity contribution in [2.75, 3.05) is 19.6 Å². The summed E-state index contributed by atoms with van der Waals surface area (Å²) in [5, 5.41) is 6.23. The third-order valence-corrected chi connectivity index (χ3v) is 5.00. The maximum Gasteiger partial charge on any atom is 0.315 e. The van der Waals surface area contributed by atoms with Crippen LogP contribution in [0.5, 0.6) is 0 Å². The Labute approximate surface area is 142 Å². The maximum atomic E-state index is 12.4. The number of urea groups is 1. The van der Waals surface area contributed by atoms with Gasteiger partial charge in [0.05, 0.1) is 6.54 Å². The van der Waals surface area contributed by atoms with Crippen molar-refractivity contribution in [2.24, 2.45) is 5.73 Å². The molecule has 1 fully saturated rings. The number of amides is 3. The second-order valence-corrected chi connectivity index (χ2v) is 7.30. The number of nitrogens with two attached hydrogens (primary N) is 1. The van der Waals surface area contributed by atoms with E-state index < -0.39 is 0 Å². The number of piperidine rings is 1. The highest BCUT2D eigenvalue weighted by Crippen LogP contribution is 2.29. The van der Waals surface area contributed by atoms with E-state index in [9.17, 15) is 9.59 Å². The lowest BCUT2D eigenvalue weighted by atomic mass is 9.99. The Morgan fingerprint density at radius 2 is 1.79 bits per heavy atom. The Hall–Kier alpha value is -2.08. The van der Waals surface area contributed by atoms with Crippen molar-refractivity contribution >= 4 is 11.9 Å². The molecule has 1 aromatic carbocycles. The van der Waals surface area contributed by atoms with Crippen LogP contribution in [0.1, 0.15) is 30.9 Å². The molecule has 0 saturated carbocycles. The predicted molar refractivity (Wildman–Crippen MR) is 92.6 cm³/mol. The number of hydrogen-bond acceptors (Lipinski definition) is 3. The van der Waals surface area contributed by atoms with Gasteiger partial charge in [-0.15, -0.1) is 0 Å². The first-order chi connectivity index (χ1) is 11.4. The molecule has 0 atom stereocenters. The Morgan fingerprint density at radius 3 is 2.33 bits per heavy atom. The fraction of sp³-hybridized carbons (Fsp3) is 0.556. The molecular weight excluding hydrogens is 304 g/mol. The standard InChI is InChI=1S/C18H26N4O2/c1-18(10-13-4-2-3-5-14(13)11-18)21-17(24)20-15-6-8-22(9-7-15)12-16(19)23/h2-5,15H,6-12H2,1H3,(H2,19,23)(H2,20,21,24). The van der Waals surface area contributed by atoms with Gasteiger partial charge in [0.25, 0.3) is 0 Å². The molecule has 0 aromatic heterocycles. The lowest BCUT2D eigenvalue weighted by molar-refractivity contribution is -0.119. The average Bonchev–Trinajstić information content (AvgIpc) is 2.84. The number of nitrogens with one attached hydrogen (secondary N) is 2. The van der Waals surface area contributed by atoms with Gasteiger partial charge in [-0.2, -0.15) is 0 Å². The van der Waals surface area contributed by atoms with E-state index in [0.29, 0.717) is 6.54 Å². The largest absolute Gasteiger partial charge is 0.369 e. The molecule has 4 N–H and O–H groups in total. The molecular formula is C18H26N4O2. The summed E-state index contributed by atoms with van der Waals surface area (Å²) in [6.45, 7) is 3.98. The van der Waals surface area contributed by atoms with Gasteiger partial charge in [0.1, 0.15) is 0 Å². The van der Waals surface area contributed by atoms with Gasteiger partial charge >= 0.3 is 6.03 Å². The van der Waals surface area contributed by atoms with Gasteiger partial charge in [-0.3, -0.25) is 9.69 Å². The van der Waals surface area contributed by atoms with Gasteiger partial charge in [0.2, 0.25) is 5.91 Å². The molecule has 0 radical (unpaired) electrons. The highest BCUT2D eigenvalue weighted by molar-refractivity contribution is 5.76. The number of benzene rings is 1. The van der Waals surface area contributed by atoms with Crippen molar-refractivity contribution in [3.63, 3.8) is 0 Å². The topological polar surface area (TPSA) is 87.5 Å². The van der Waals surface area contributed by atoms with Crippen LogP contribution in [0.2, 0.25) is 0 Å². The number of fused-ring (bicyclic) bond motifs is 1. The first-order valence-corrected chi connectivity index (χ1v) is 8.60. The van der Waals surface area contributed by atoms with Crippen molar-refractivity contribution in [2.45, 2.75) is 44.2 Å². The Bertz CT molecular complexity index is 598. The summed E-state index contributed by atoms with van der Waals surface area (Å²) >= 11 is 0.